The summed E-state index contributed by atoms with van der Waals surface area (Å²) < 4.78 is 40.1. The fourth-order valence-electron chi connectivity index (χ4n) is 5.42. The van der Waals surface area contributed by atoms with E-state index in [-0.39, 0.29) is 12.8 Å². The van der Waals surface area contributed by atoms with Gasteiger partial charge in [0, 0.05) is 51.2 Å². The van der Waals surface area contributed by atoms with E-state index in [0.717, 1.165) is 38.0 Å². The van der Waals surface area contributed by atoms with Crippen molar-refractivity contribution in [3.8, 4) is 17.3 Å². The van der Waals surface area contributed by atoms with Crippen LogP contribution in [0.5, 0.6) is 11.6 Å². The normalized spacial score (nSPS) is 17.3. The number of rotatable bonds is 5. The number of aromatic nitrogens is 3. The lowest BCUT2D eigenvalue weighted by Gasteiger charge is -2.29. The van der Waals surface area contributed by atoms with Crippen LogP contribution in [-0.2, 0) is 40.1 Å². The van der Waals surface area contributed by atoms with Gasteiger partial charge in [0.05, 0.1) is 5.56 Å². The van der Waals surface area contributed by atoms with Crippen LogP contribution in [0.25, 0.3) is 11.8 Å². The summed E-state index contributed by atoms with van der Waals surface area (Å²) in [5.41, 5.74) is 1.20. The number of ether oxygens (including phenoxy) is 2. The molecule has 1 spiro atoms. The van der Waals surface area contributed by atoms with Gasteiger partial charge in [-0.3, -0.25) is 9.36 Å². The molecule has 46 heavy (non-hydrogen) atoms. The maximum Gasteiger partial charge on any atom is 0.351 e. The molecular formula is C34H35N3O8S. The highest BCUT2D eigenvalue weighted by Crippen LogP contribution is 2.45. The van der Waals surface area contributed by atoms with Gasteiger partial charge in [0.25, 0.3) is 5.56 Å². The van der Waals surface area contributed by atoms with Crippen LogP contribution in [0.2, 0.25) is 0 Å². The van der Waals surface area contributed by atoms with Crippen LogP contribution >= 0.6 is 0 Å². The van der Waals surface area contributed by atoms with Gasteiger partial charge in [-0.1, -0.05) is 36.8 Å². The van der Waals surface area contributed by atoms with E-state index in [0.29, 0.717) is 28.6 Å². The first-order chi connectivity index (χ1) is 21.9. The predicted octanol–water partition coefficient (Wildman–Crippen LogP) is 2.98. The van der Waals surface area contributed by atoms with Crippen LogP contribution in [-0.4, -0.2) is 28.5 Å². The highest BCUT2D eigenvalue weighted by atomic mass is 32.2. The van der Waals surface area contributed by atoms with Crippen molar-refractivity contribution in [1.82, 2.24) is 9.13 Å². The molecule has 6 rings (SSSR count). The number of sulfone groups is 1. The summed E-state index contributed by atoms with van der Waals surface area (Å²) in [6, 6.07) is 22.5. The Morgan fingerprint density at radius 3 is 2.17 bits per heavy atom. The molecular weight excluding hydrogens is 610 g/mol. The molecule has 1 saturated heterocycles. The highest BCUT2D eigenvalue weighted by molar-refractivity contribution is 7.98. The van der Waals surface area contributed by atoms with E-state index in [9.17, 15) is 27.9 Å². The Morgan fingerprint density at radius 1 is 0.913 bits per heavy atom. The second-order valence-electron chi connectivity index (χ2n) is 11.3. The van der Waals surface area contributed by atoms with Crippen LogP contribution in [0.1, 0.15) is 48.8 Å². The minimum absolute atomic E-state index is 0.188. The zero-order valence-electron chi connectivity index (χ0n) is 25.8. The Hall–Kier alpha value is -4.97. The fraction of sp³-hybridized carbons (Fsp3) is 0.294. The Balaban J connectivity index is 0.000000184. The monoisotopic (exact) mass is 645 g/mol. The van der Waals surface area contributed by atoms with Crippen molar-refractivity contribution in [1.29, 1.82) is 0 Å². The minimum atomic E-state index is -4.15. The van der Waals surface area contributed by atoms with Crippen LogP contribution in [0, 0.1) is 6.92 Å². The van der Waals surface area contributed by atoms with Crippen molar-refractivity contribution >= 4 is 21.9 Å². The SMILES string of the molecule is Cc1cc[n+](-c2ccc(OCc3ccccc3)cc2)cc1.Cn1c([O-])c(C=C2C(=O)OC3(CCCCC3)S2(=O)=O)c(=O)n(C)c1=O. The Morgan fingerprint density at radius 2 is 1.54 bits per heavy atom. The number of hydrogen-bond acceptors (Lipinski definition) is 8. The molecule has 0 unspecified atom stereocenters. The molecule has 1 aliphatic heterocycles. The second-order valence-corrected chi connectivity index (χ2v) is 13.5. The molecule has 2 aliphatic rings. The van der Waals surface area contributed by atoms with Gasteiger partial charge in [-0.2, -0.15) is 4.57 Å². The maximum atomic E-state index is 12.9. The number of hydrogen-bond donors (Lipinski definition) is 0. The van der Waals surface area contributed by atoms with Crippen molar-refractivity contribution in [2.24, 2.45) is 14.1 Å². The summed E-state index contributed by atoms with van der Waals surface area (Å²) >= 11 is 0. The van der Waals surface area contributed by atoms with Crippen molar-refractivity contribution in [2.45, 2.75) is 50.6 Å². The number of benzene rings is 2. The van der Waals surface area contributed by atoms with E-state index >= 15 is 0 Å². The average molecular weight is 646 g/mol. The molecule has 0 amide bonds. The quantitative estimate of drug-likeness (QED) is 0.183. The van der Waals surface area contributed by atoms with E-state index in [2.05, 4.69) is 60.3 Å². The van der Waals surface area contributed by atoms with Crippen LogP contribution in [0.15, 0.2) is 93.6 Å². The van der Waals surface area contributed by atoms with Gasteiger partial charge in [-0.05, 0) is 55.0 Å². The molecule has 1 saturated carbocycles. The number of carbonyl (C=O) groups excluding carboxylic acids is 1. The largest absolute Gasteiger partial charge is 0.859 e. The van der Waals surface area contributed by atoms with E-state index in [1.807, 2.05) is 30.3 Å². The zero-order chi connectivity index (χ0) is 33.1. The van der Waals surface area contributed by atoms with E-state index in [1.165, 1.54) is 11.1 Å². The van der Waals surface area contributed by atoms with Gasteiger partial charge in [-0.15, -0.1) is 0 Å². The summed E-state index contributed by atoms with van der Waals surface area (Å²) in [6.07, 6.45) is 7.31. The van der Waals surface area contributed by atoms with Gasteiger partial charge in [0.1, 0.15) is 12.4 Å². The van der Waals surface area contributed by atoms with Gasteiger partial charge in [0.15, 0.2) is 17.3 Å². The molecule has 1 aliphatic carbocycles. The smallest absolute Gasteiger partial charge is 0.351 e. The van der Waals surface area contributed by atoms with Crippen LogP contribution in [0.4, 0.5) is 0 Å². The Kier molecular flexibility index (Phi) is 9.29. The topological polar surface area (TPSA) is 141 Å². The Bertz CT molecular complexity index is 1990. The van der Waals surface area contributed by atoms with Crippen molar-refractivity contribution < 1.29 is 32.4 Å². The molecule has 2 aromatic heterocycles. The summed E-state index contributed by atoms with van der Waals surface area (Å²) in [7, 11) is -1.83. The van der Waals surface area contributed by atoms with Crippen molar-refractivity contribution in [2.75, 3.05) is 0 Å². The minimum Gasteiger partial charge on any atom is -0.859 e. The molecule has 240 valence electrons. The third kappa shape index (κ3) is 6.38. The van der Waals surface area contributed by atoms with Gasteiger partial charge in [0.2, 0.25) is 20.5 Å². The Labute approximate surface area is 266 Å². The van der Waals surface area contributed by atoms with E-state index < -0.39 is 48.3 Å². The van der Waals surface area contributed by atoms with Gasteiger partial charge >= 0.3 is 11.7 Å². The molecule has 0 atom stereocenters. The number of pyridine rings is 1. The summed E-state index contributed by atoms with van der Waals surface area (Å²) in [6.45, 7) is 2.68. The summed E-state index contributed by atoms with van der Waals surface area (Å²) in [4.78, 5) is 33.8. The van der Waals surface area contributed by atoms with Crippen molar-refractivity contribution in [3.05, 3.63) is 122 Å². The highest BCUT2D eigenvalue weighted by Gasteiger charge is 2.57. The molecule has 11 nitrogen and oxygen atoms in total. The lowest BCUT2D eigenvalue weighted by molar-refractivity contribution is -0.595. The lowest BCUT2D eigenvalue weighted by atomic mass is 9.97. The zero-order valence-corrected chi connectivity index (χ0v) is 26.7. The van der Waals surface area contributed by atoms with Crippen LogP contribution < -0.4 is 25.7 Å². The molecule has 12 heteroatoms. The fourth-order valence-corrected chi connectivity index (χ4v) is 7.36. The predicted molar refractivity (Wildman–Crippen MR) is 169 cm³/mol. The standard InChI is InChI=1S/C19H18NO.C15H18N2O7S/c1-16-11-13-20(14-12-16)18-7-9-19(10-8-18)21-15-17-5-3-2-4-6-17;1-16-11(18)9(12(19)17(2)14(16)21)8-10-13(20)24-15(25(10,22)23)6-4-3-5-7-15/h2-14H,15H2,1H3;8,18H,3-7H2,1-2H3/q+1;/p-1. The molecule has 2 fully saturated rings. The average Bonchev–Trinajstić information content (AvgIpc) is 3.24. The molecule has 0 bridgehead atoms. The summed E-state index contributed by atoms with van der Waals surface area (Å²) in [5, 5.41) is 12.2. The molecule has 2 aromatic carbocycles. The summed E-state index contributed by atoms with van der Waals surface area (Å²) in [5.74, 6) is -1.15. The number of esters is 1. The maximum absolute atomic E-state index is 12.9. The van der Waals surface area contributed by atoms with E-state index in [4.69, 9.17) is 9.47 Å². The van der Waals surface area contributed by atoms with Gasteiger partial charge in [-0.25, -0.2) is 18.0 Å². The third-order valence-electron chi connectivity index (χ3n) is 8.17. The van der Waals surface area contributed by atoms with Gasteiger partial charge < -0.3 is 19.1 Å². The molecule has 4 aromatic rings. The first kappa shape index (κ1) is 32.4. The lowest BCUT2D eigenvalue weighted by Crippen LogP contribution is -2.40. The van der Waals surface area contributed by atoms with Crippen molar-refractivity contribution in [3.63, 3.8) is 0 Å². The number of carbonyl (C=O) groups is 1. The number of nitrogens with zero attached hydrogens (tertiary/aromatic N) is 3. The van der Waals surface area contributed by atoms with E-state index in [1.54, 1.807) is 0 Å². The first-order valence-electron chi connectivity index (χ1n) is 14.9. The second kappa shape index (κ2) is 13.2. The molecule has 0 radical (unpaired) electrons. The van der Waals surface area contributed by atoms with Crippen LogP contribution in [0.3, 0.4) is 0 Å². The molecule has 0 N–H and O–H groups in total. The number of aryl methyl sites for hydroxylation is 1. The third-order valence-corrected chi connectivity index (χ3v) is 10.5. The first-order valence-corrected chi connectivity index (χ1v) is 16.3. The molecule has 3 heterocycles.